The fraction of sp³-hybridized carbons (Fsp3) is 0.167. The van der Waals surface area contributed by atoms with E-state index in [2.05, 4.69) is 5.32 Å². The van der Waals surface area contributed by atoms with Crippen LogP contribution in [0.1, 0.15) is 35.1 Å². The maximum Gasteiger partial charge on any atom is 0.416 e. The predicted octanol–water partition coefficient (Wildman–Crippen LogP) is 8.31. The van der Waals surface area contributed by atoms with Crippen LogP contribution in [-0.4, -0.2) is 11.8 Å². The molecule has 236 valence electrons. The first-order valence-electron chi connectivity index (χ1n) is 14.6. The number of rotatable bonds is 12. The molecule has 5 rings (SSSR count). The van der Waals surface area contributed by atoms with Gasteiger partial charge in [-0.3, -0.25) is 9.59 Å². The third-order valence-electron chi connectivity index (χ3n) is 7.28. The van der Waals surface area contributed by atoms with Gasteiger partial charge in [0.1, 0.15) is 5.75 Å². The first-order chi connectivity index (χ1) is 22.2. The van der Waals surface area contributed by atoms with Crippen molar-refractivity contribution >= 4 is 28.8 Å². The molecule has 0 aliphatic rings. The molecule has 0 spiro atoms. The van der Waals surface area contributed by atoms with Crippen molar-refractivity contribution in [1.29, 1.82) is 0 Å². The number of para-hydroxylation sites is 2. The van der Waals surface area contributed by atoms with Gasteiger partial charge in [-0.1, -0.05) is 72.8 Å². The van der Waals surface area contributed by atoms with Gasteiger partial charge in [-0.15, -0.1) is 11.3 Å². The minimum Gasteiger partial charge on any atom is -0.455 e. The zero-order valence-electron chi connectivity index (χ0n) is 24.8. The fourth-order valence-electron chi connectivity index (χ4n) is 4.93. The second-order valence-electron chi connectivity index (χ2n) is 10.5. The van der Waals surface area contributed by atoms with Crippen LogP contribution in [0.15, 0.2) is 115 Å². The van der Waals surface area contributed by atoms with Crippen molar-refractivity contribution in [1.82, 2.24) is 5.32 Å². The van der Waals surface area contributed by atoms with Crippen molar-refractivity contribution in [2.75, 3.05) is 4.90 Å². The SMILES string of the molecule is NCc1cccc(Oc2ccccc2N(Cc2ccc(-c3cccs3)cc2)C(=O)CCC(=O)NCc2ccccc2C(F)(F)F)c1. The van der Waals surface area contributed by atoms with Gasteiger partial charge >= 0.3 is 6.18 Å². The summed E-state index contributed by atoms with van der Waals surface area (Å²) < 4.78 is 46.4. The highest BCUT2D eigenvalue weighted by molar-refractivity contribution is 7.13. The molecule has 1 aromatic heterocycles. The first kappa shape index (κ1) is 32.5. The van der Waals surface area contributed by atoms with Gasteiger partial charge in [0.05, 0.1) is 17.8 Å². The van der Waals surface area contributed by atoms with Crippen molar-refractivity contribution in [2.24, 2.45) is 5.73 Å². The van der Waals surface area contributed by atoms with E-state index in [-0.39, 0.29) is 37.4 Å². The van der Waals surface area contributed by atoms with Gasteiger partial charge in [-0.25, -0.2) is 0 Å². The Kier molecular flexibility index (Phi) is 10.5. The van der Waals surface area contributed by atoms with Crippen LogP contribution in [0, 0.1) is 0 Å². The number of thiophene rings is 1. The number of hydrogen-bond acceptors (Lipinski definition) is 5. The van der Waals surface area contributed by atoms with Crippen molar-refractivity contribution in [3.05, 3.63) is 137 Å². The zero-order valence-corrected chi connectivity index (χ0v) is 25.6. The monoisotopic (exact) mass is 643 g/mol. The summed E-state index contributed by atoms with van der Waals surface area (Å²) in [6.07, 6.45) is -4.92. The fourth-order valence-corrected chi connectivity index (χ4v) is 5.66. The molecule has 1 heterocycles. The van der Waals surface area contributed by atoms with E-state index in [1.54, 1.807) is 46.6 Å². The van der Waals surface area contributed by atoms with Crippen LogP contribution >= 0.6 is 11.3 Å². The Morgan fingerprint density at radius 1 is 0.826 bits per heavy atom. The molecular formula is C36H32F3N3O3S. The number of halogens is 3. The summed E-state index contributed by atoms with van der Waals surface area (Å²) >= 11 is 1.63. The van der Waals surface area contributed by atoms with Gasteiger partial charge in [-0.05, 0) is 64.0 Å². The molecule has 0 fully saturated rings. The number of anilines is 1. The van der Waals surface area contributed by atoms with Gasteiger partial charge in [-0.2, -0.15) is 13.2 Å². The molecule has 0 aliphatic heterocycles. The van der Waals surface area contributed by atoms with Gasteiger partial charge in [0, 0.05) is 30.8 Å². The lowest BCUT2D eigenvalue weighted by Crippen LogP contribution is -2.32. The lowest BCUT2D eigenvalue weighted by molar-refractivity contribution is -0.138. The van der Waals surface area contributed by atoms with Crippen LogP contribution in [0.4, 0.5) is 18.9 Å². The highest BCUT2D eigenvalue weighted by atomic mass is 32.1. The van der Waals surface area contributed by atoms with Crippen molar-refractivity contribution in [2.45, 2.75) is 38.7 Å². The summed E-state index contributed by atoms with van der Waals surface area (Å²) in [5, 5.41) is 4.53. The molecule has 0 bridgehead atoms. The molecule has 0 aliphatic carbocycles. The molecule has 2 amide bonds. The number of carbonyl (C=O) groups is 2. The highest BCUT2D eigenvalue weighted by Gasteiger charge is 2.33. The lowest BCUT2D eigenvalue weighted by atomic mass is 10.1. The topological polar surface area (TPSA) is 84.7 Å². The Balaban J connectivity index is 1.34. The van der Waals surface area contributed by atoms with E-state index in [1.807, 2.05) is 60.0 Å². The normalized spacial score (nSPS) is 11.2. The highest BCUT2D eigenvalue weighted by Crippen LogP contribution is 2.35. The summed E-state index contributed by atoms with van der Waals surface area (Å²) in [5.41, 5.74) is 8.26. The molecule has 5 aromatic rings. The quantitative estimate of drug-likeness (QED) is 0.143. The Hall–Kier alpha value is -4.93. The largest absolute Gasteiger partial charge is 0.455 e. The molecule has 3 N–H and O–H groups in total. The Morgan fingerprint density at radius 3 is 2.33 bits per heavy atom. The van der Waals surface area contributed by atoms with Crippen molar-refractivity contribution < 1.29 is 27.5 Å². The maximum atomic E-state index is 13.8. The summed E-state index contributed by atoms with van der Waals surface area (Å²) in [6, 6.07) is 31.5. The lowest BCUT2D eigenvalue weighted by Gasteiger charge is -2.25. The number of amides is 2. The number of carbonyl (C=O) groups excluding carboxylic acids is 2. The van der Waals surface area contributed by atoms with Gasteiger partial charge < -0.3 is 20.7 Å². The van der Waals surface area contributed by atoms with Crippen LogP contribution < -0.4 is 20.7 Å². The minimum atomic E-state index is -4.54. The van der Waals surface area contributed by atoms with Crippen LogP contribution in [0.25, 0.3) is 10.4 Å². The number of benzene rings is 4. The summed E-state index contributed by atoms with van der Waals surface area (Å²) in [7, 11) is 0. The van der Waals surface area contributed by atoms with Gasteiger partial charge in [0.15, 0.2) is 5.75 Å². The summed E-state index contributed by atoms with van der Waals surface area (Å²) in [4.78, 5) is 29.2. The Morgan fingerprint density at radius 2 is 1.59 bits per heavy atom. The molecule has 0 saturated heterocycles. The molecule has 4 aromatic carbocycles. The van der Waals surface area contributed by atoms with E-state index in [9.17, 15) is 22.8 Å². The number of ether oxygens (including phenoxy) is 1. The van der Waals surface area contributed by atoms with E-state index in [1.165, 1.54) is 18.2 Å². The molecule has 46 heavy (non-hydrogen) atoms. The predicted molar refractivity (Wildman–Crippen MR) is 174 cm³/mol. The van der Waals surface area contributed by atoms with E-state index < -0.39 is 17.6 Å². The molecule has 0 atom stereocenters. The molecule has 10 heteroatoms. The van der Waals surface area contributed by atoms with E-state index in [4.69, 9.17) is 10.5 Å². The maximum absolute atomic E-state index is 13.8. The Bertz CT molecular complexity index is 1770. The number of alkyl halides is 3. The van der Waals surface area contributed by atoms with Crippen molar-refractivity contribution in [3.63, 3.8) is 0 Å². The zero-order chi connectivity index (χ0) is 32.5. The minimum absolute atomic E-state index is 0.0490. The first-order valence-corrected chi connectivity index (χ1v) is 15.5. The molecular weight excluding hydrogens is 611 g/mol. The molecule has 0 unspecified atom stereocenters. The second-order valence-corrected chi connectivity index (χ2v) is 11.5. The molecule has 6 nitrogen and oxygen atoms in total. The van der Waals surface area contributed by atoms with Gasteiger partial charge in [0.2, 0.25) is 11.8 Å². The third-order valence-corrected chi connectivity index (χ3v) is 8.20. The number of nitrogens with two attached hydrogens (primary N) is 1. The van der Waals surface area contributed by atoms with Crippen LogP contribution in [0.5, 0.6) is 11.5 Å². The summed E-state index contributed by atoms with van der Waals surface area (Å²) in [5.74, 6) is 0.115. The van der Waals surface area contributed by atoms with Crippen molar-refractivity contribution in [3.8, 4) is 21.9 Å². The second kappa shape index (κ2) is 14.9. The Labute approximate surface area is 269 Å². The van der Waals surface area contributed by atoms with E-state index >= 15 is 0 Å². The van der Waals surface area contributed by atoms with Crippen LogP contribution in [0.3, 0.4) is 0 Å². The number of hydrogen-bond donors (Lipinski definition) is 2. The van der Waals surface area contributed by atoms with Crippen LogP contribution in [0.2, 0.25) is 0 Å². The van der Waals surface area contributed by atoms with Gasteiger partial charge in [0.25, 0.3) is 0 Å². The molecule has 0 radical (unpaired) electrons. The summed E-state index contributed by atoms with van der Waals surface area (Å²) in [6.45, 7) is 0.240. The van der Waals surface area contributed by atoms with E-state index in [0.29, 0.717) is 23.7 Å². The van der Waals surface area contributed by atoms with E-state index in [0.717, 1.165) is 27.6 Å². The number of nitrogens with zero attached hydrogens (tertiary/aromatic N) is 1. The smallest absolute Gasteiger partial charge is 0.416 e. The average Bonchev–Trinajstić information content (AvgIpc) is 3.61. The number of nitrogens with one attached hydrogen (secondary N) is 1. The molecule has 0 saturated carbocycles. The third kappa shape index (κ3) is 8.41. The standard InChI is InChI=1S/C36H32F3N3O3S/c37-36(38,39)30-10-2-1-8-28(30)23-41-34(43)18-19-35(44)42(24-25-14-16-27(17-15-25)33-13-6-20-46-33)31-11-3-4-12-32(31)45-29-9-5-7-26(21-29)22-40/h1-17,20-21H,18-19,22-24,40H2,(H,41,43). The average molecular weight is 644 g/mol. The van der Waals surface area contributed by atoms with Crippen LogP contribution in [-0.2, 0) is 35.4 Å².